The van der Waals surface area contributed by atoms with Crippen LogP contribution in [0.25, 0.3) is 0 Å². The van der Waals surface area contributed by atoms with E-state index in [1.807, 2.05) is 19.1 Å². The van der Waals surface area contributed by atoms with Crippen LogP contribution in [-0.2, 0) is 0 Å². The second-order valence-electron chi connectivity index (χ2n) is 1.92. The Morgan fingerprint density at radius 3 is 2.78 bits per heavy atom. The van der Waals surface area contributed by atoms with E-state index in [0.717, 1.165) is 6.42 Å². The van der Waals surface area contributed by atoms with Gasteiger partial charge in [0.05, 0.1) is 0 Å². The third-order valence-corrected chi connectivity index (χ3v) is 1.01. The molecular formula is C9H14. The minimum absolute atomic E-state index is 1.04. The molecule has 0 aliphatic rings. The Bertz CT molecular complexity index is 121. The Balaban J connectivity index is 3.16. The van der Waals surface area contributed by atoms with Gasteiger partial charge >= 0.3 is 0 Å². The van der Waals surface area contributed by atoms with Crippen LogP contribution in [0.2, 0.25) is 0 Å². The summed E-state index contributed by atoms with van der Waals surface area (Å²) in [5.41, 5.74) is 0. The fourth-order valence-corrected chi connectivity index (χ4v) is 0.480. The molecule has 0 heterocycles. The third kappa shape index (κ3) is 7.30. The van der Waals surface area contributed by atoms with E-state index in [-0.39, 0.29) is 0 Å². The van der Waals surface area contributed by atoms with Crippen molar-refractivity contribution in [3.05, 3.63) is 12.2 Å². The van der Waals surface area contributed by atoms with E-state index in [9.17, 15) is 0 Å². The zero-order chi connectivity index (χ0) is 6.95. The number of rotatable bonds is 2. The summed E-state index contributed by atoms with van der Waals surface area (Å²) < 4.78 is 0. The summed E-state index contributed by atoms with van der Waals surface area (Å²) in [6, 6.07) is 0. The molecule has 0 radical (unpaired) electrons. The molecule has 0 aromatic heterocycles. The largest absolute Gasteiger partial charge is 0.0985 e. The van der Waals surface area contributed by atoms with Gasteiger partial charge in [0.1, 0.15) is 0 Å². The number of unbranched alkanes of at least 4 members (excludes halogenated alkanes) is 2. The van der Waals surface area contributed by atoms with E-state index in [2.05, 4.69) is 18.8 Å². The highest BCUT2D eigenvalue weighted by Gasteiger charge is 1.73. The van der Waals surface area contributed by atoms with Gasteiger partial charge in [-0.15, -0.1) is 0 Å². The molecule has 0 bridgehead atoms. The van der Waals surface area contributed by atoms with Gasteiger partial charge < -0.3 is 0 Å². The maximum Gasteiger partial charge on any atom is 0.00921 e. The lowest BCUT2D eigenvalue weighted by molar-refractivity contribution is 0.828. The lowest BCUT2D eigenvalue weighted by Crippen LogP contribution is -1.65. The van der Waals surface area contributed by atoms with Crippen molar-refractivity contribution in [1.82, 2.24) is 0 Å². The molecular weight excluding hydrogens is 108 g/mol. The van der Waals surface area contributed by atoms with Gasteiger partial charge in [-0.25, -0.2) is 0 Å². The SMILES string of the molecule is C/C=C\C#CCCCC. The summed E-state index contributed by atoms with van der Waals surface area (Å²) in [7, 11) is 0. The normalized spacial score (nSPS) is 9.11. The summed E-state index contributed by atoms with van der Waals surface area (Å²) in [6.45, 7) is 4.16. The molecule has 0 amide bonds. The fourth-order valence-electron chi connectivity index (χ4n) is 0.480. The minimum Gasteiger partial charge on any atom is -0.0985 e. The van der Waals surface area contributed by atoms with Crippen molar-refractivity contribution in [2.75, 3.05) is 0 Å². The van der Waals surface area contributed by atoms with Gasteiger partial charge in [-0.1, -0.05) is 31.3 Å². The average Bonchev–Trinajstić information content (AvgIpc) is 1.89. The first-order chi connectivity index (χ1) is 4.41. The zero-order valence-corrected chi connectivity index (χ0v) is 6.28. The van der Waals surface area contributed by atoms with Gasteiger partial charge in [0, 0.05) is 6.42 Å². The van der Waals surface area contributed by atoms with E-state index >= 15 is 0 Å². The molecule has 0 N–H and O–H groups in total. The second kappa shape index (κ2) is 7.30. The van der Waals surface area contributed by atoms with Crippen LogP contribution in [0.15, 0.2) is 12.2 Å². The van der Waals surface area contributed by atoms with E-state index in [4.69, 9.17) is 0 Å². The van der Waals surface area contributed by atoms with Gasteiger partial charge in [-0.3, -0.25) is 0 Å². The van der Waals surface area contributed by atoms with Gasteiger partial charge in [-0.2, -0.15) is 0 Å². The number of hydrogen-bond donors (Lipinski definition) is 0. The van der Waals surface area contributed by atoms with Crippen LogP contribution >= 0.6 is 0 Å². The molecule has 0 nitrogen and oxygen atoms in total. The van der Waals surface area contributed by atoms with Crippen LogP contribution in [-0.4, -0.2) is 0 Å². The summed E-state index contributed by atoms with van der Waals surface area (Å²) in [6.07, 6.45) is 7.35. The van der Waals surface area contributed by atoms with Gasteiger partial charge in [0.2, 0.25) is 0 Å². The van der Waals surface area contributed by atoms with E-state index < -0.39 is 0 Å². The van der Waals surface area contributed by atoms with E-state index in [0.29, 0.717) is 0 Å². The number of hydrogen-bond acceptors (Lipinski definition) is 0. The van der Waals surface area contributed by atoms with E-state index in [1.165, 1.54) is 12.8 Å². The molecule has 50 valence electrons. The summed E-state index contributed by atoms with van der Waals surface area (Å²) in [5, 5.41) is 0. The third-order valence-electron chi connectivity index (χ3n) is 1.01. The Hall–Kier alpha value is -0.700. The molecule has 0 unspecified atom stereocenters. The lowest BCUT2D eigenvalue weighted by atomic mass is 10.2. The summed E-state index contributed by atoms with van der Waals surface area (Å²) in [4.78, 5) is 0. The van der Waals surface area contributed by atoms with Gasteiger partial charge in [0.15, 0.2) is 0 Å². The Morgan fingerprint density at radius 2 is 2.22 bits per heavy atom. The highest BCUT2D eigenvalue weighted by Crippen LogP contribution is 1.89. The molecule has 0 aliphatic carbocycles. The lowest BCUT2D eigenvalue weighted by Gasteiger charge is -1.81. The molecule has 0 aromatic rings. The Labute approximate surface area is 58.0 Å². The first-order valence-electron chi connectivity index (χ1n) is 3.51. The predicted molar refractivity (Wildman–Crippen MR) is 42.1 cm³/mol. The summed E-state index contributed by atoms with van der Waals surface area (Å²) in [5.74, 6) is 5.99. The van der Waals surface area contributed by atoms with Gasteiger partial charge in [-0.05, 0) is 19.4 Å². The van der Waals surface area contributed by atoms with Crippen molar-refractivity contribution in [3.8, 4) is 11.8 Å². The first-order valence-corrected chi connectivity index (χ1v) is 3.51. The van der Waals surface area contributed by atoms with Crippen LogP contribution in [0.3, 0.4) is 0 Å². The molecule has 0 fully saturated rings. The van der Waals surface area contributed by atoms with Crippen LogP contribution in [0, 0.1) is 11.8 Å². The van der Waals surface area contributed by atoms with Crippen molar-refractivity contribution in [1.29, 1.82) is 0 Å². The minimum atomic E-state index is 1.04. The second-order valence-corrected chi connectivity index (χ2v) is 1.92. The topological polar surface area (TPSA) is 0 Å². The first kappa shape index (κ1) is 8.30. The summed E-state index contributed by atoms with van der Waals surface area (Å²) >= 11 is 0. The zero-order valence-electron chi connectivity index (χ0n) is 6.28. The number of allylic oxidation sites excluding steroid dienone is 2. The highest BCUT2D eigenvalue weighted by molar-refractivity contribution is 5.14. The fraction of sp³-hybridized carbons (Fsp3) is 0.556. The molecule has 0 heteroatoms. The van der Waals surface area contributed by atoms with Crippen molar-refractivity contribution in [2.24, 2.45) is 0 Å². The highest BCUT2D eigenvalue weighted by atomic mass is 13.8. The standard InChI is InChI=1S/C9H14/c1-3-5-7-9-8-6-4-2/h3,5H,4,6,8H2,1-2H3/b5-3-. The molecule has 0 aromatic carbocycles. The monoisotopic (exact) mass is 122 g/mol. The Morgan fingerprint density at radius 1 is 1.44 bits per heavy atom. The van der Waals surface area contributed by atoms with Crippen LogP contribution < -0.4 is 0 Å². The quantitative estimate of drug-likeness (QED) is 0.390. The predicted octanol–water partition coefficient (Wildman–Crippen LogP) is 2.76. The van der Waals surface area contributed by atoms with Crippen molar-refractivity contribution < 1.29 is 0 Å². The van der Waals surface area contributed by atoms with Crippen LogP contribution in [0.1, 0.15) is 33.1 Å². The molecule has 0 saturated carbocycles. The Kier molecular flexibility index (Phi) is 6.73. The molecule has 0 atom stereocenters. The smallest absolute Gasteiger partial charge is 0.00921 e. The van der Waals surface area contributed by atoms with Crippen molar-refractivity contribution in [2.45, 2.75) is 33.1 Å². The molecule has 0 aliphatic heterocycles. The molecule has 0 saturated heterocycles. The average molecular weight is 122 g/mol. The van der Waals surface area contributed by atoms with Crippen molar-refractivity contribution in [3.63, 3.8) is 0 Å². The van der Waals surface area contributed by atoms with Gasteiger partial charge in [0.25, 0.3) is 0 Å². The molecule has 0 spiro atoms. The van der Waals surface area contributed by atoms with Crippen LogP contribution in [0.5, 0.6) is 0 Å². The maximum atomic E-state index is 3.05. The molecule has 9 heavy (non-hydrogen) atoms. The van der Waals surface area contributed by atoms with Crippen molar-refractivity contribution >= 4 is 0 Å². The maximum absolute atomic E-state index is 3.05. The molecule has 0 rings (SSSR count). The van der Waals surface area contributed by atoms with E-state index in [1.54, 1.807) is 0 Å². The van der Waals surface area contributed by atoms with Crippen LogP contribution in [0.4, 0.5) is 0 Å².